The number of hydrogen-bond acceptors (Lipinski definition) is 8. The molecular formula is C13H17NO7. The van der Waals surface area contributed by atoms with Gasteiger partial charge in [-0.2, -0.15) is 5.26 Å². The highest BCUT2D eigenvalue weighted by Crippen LogP contribution is 2.28. The molecular weight excluding hydrogens is 282 g/mol. The molecule has 1 aliphatic rings. The molecule has 5 atom stereocenters. The van der Waals surface area contributed by atoms with E-state index in [0.717, 1.165) is 13.8 Å². The zero-order chi connectivity index (χ0) is 16.2. The molecule has 1 rings (SSSR count). The van der Waals surface area contributed by atoms with Crippen molar-refractivity contribution >= 4 is 17.9 Å². The van der Waals surface area contributed by atoms with Crippen molar-refractivity contribution in [2.24, 2.45) is 0 Å². The monoisotopic (exact) mass is 299 g/mol. The van der Waals surface area contributed by atoms with Gasteiger partial charge in [-0.1, -0.05) is 0 Å². The average Bonchev–Trinajstić information content (AvgIpc) is 2.35. The summed E-state index contributed by atoms with van der Waals surface area (Å²) in [5.41, 5.74) is 0. The van der Waals surface area contributed by atoms with E-state index in [9.17, 15) is 14.4 Å². The van der Waals surface area contributed by atoms with E-state index in [1.54, 1.807) is 6.92 Å². The number of esters is 3. The number of hydrogen-bond donors (Lipinski definition) is 0. The molecule has 1 heterocycles. The third-order valence-corrected chi connectivity index (χ3v) is 2.80. The first kappa shape index (κ1) is 16.9. The molecule has 116 valence electrons. The van der Waals surface area contributed by atoms with Crippen LogP contribution in [-0.2, 0) is 33.3 Å². The van der Waals surface area contributed by atoms with Gasteiger partial charge in [-0.05, 0) is 6.92 Å². The van der Waals surface area contributed by atoms with E-state index in [-0.39, 0.29) is 0 Å². The van der Waals surface area contributed by atoms with Crippen LogP contribution in [0.25, 0.3) is 0 Å². The fraction of sp³-hybridized carbons (Fsp3) is 0.692. The number of carbonyl (C=O) groups is 3. The Hall–Kier alpha value is -2.14. The van der Waals surface area contributed by atoms with E-state index in [4.69, 9.17) is 24.2 Å². The van der Waals surface area contributed by atoms with Crippen LogP contribution >= 0.6 is 0 Å². The first-order valence-electron chi connectivity index (χ1n) is 6.33. The molecule has 8 nitrogen and oxygen atoms in total. The van der Waals surface area contributed by atoms with E-state index >= 15 is 0 Å². The van der Waals surface area contributed by atoms with Crippen molar-refractivity contribution in [1.29, 1.82) is 5.26 Å². The van der Waals surface area contributed by atoms with Crippen molar-refractivity contribution in [3.8, 4) is 6.07 Å². The standard InChI is InChI=1S/C13H17NO7/c1-6-11(19-7(2)15)13(21-9(4)17)12(20-8(3)16)10(5-14)18-6/h6,10-13H,1-4H3/t6-,10+,11+,12+,13+/m0/s1. The molecule has 0 N–H and O–H groups in total. The second-order valence-electron chi connectivity index (χ2n) is 4.61. The molecule has 0 spiro atoms. The van der Waals surface area contributed by atoms with Crippen molar-refractivity contribution in [1.82, 2.24) is 0 Å². The molecule has 0 unspecified atom stereocenters. The normalized spacial score (nSPS) is 31.7. The molecule has 0 aliphatic carbocycles. The molecule has 0 radical (unpaired) electrons. The van der Waals surface area contributed by atoms with Crippen LogP contribution in [-0.4, -0.2) is 48.4 Å². The van der Waals surface area contributed by atoms with Crippen LogP contribution in [0.5, 0.6) is 0 Å². The smallest absolute Gasteiger partial charge is 0.303 e. The Morgan fingerprint density at radius 3 is 1.76 bits per heavy atom. The van der Waals surface area contributed by atoms with Crippen LogP contribution in [0.2, 0.25) is 0 Å². The maximum Gasteiger partial charge on any atom is 0.303 e. The summed E-state index contributed by atoms with van der Waals surface area (Å²) in [6.07, 6.45) is -5.07. The molecule has 8 heteroatoms. The van der Waals surface area contributed by atoms with Crippen molar-refractivity contribution in [3.05, 3.63) is 0 Å². The summed E-state index contributed by atoms with van der Waals surface area (Å²) in [5.74, 6) is -1.93. The van der Waals surface area contributed by atoms with Crippen molar-refractivity contribution in [3.63, 3.8) is 0 Å². The second kappa shape index (κ2) is 7.04. The van der Waals surface area contributed by atoms with E-state index < -0.39 is 48.4 Å². The van der Waals surface area contributed by atoms with Crippen LogP contribution in [0.3, 0.4) is 0 Å². The summed E-state index contributed by atoms with van der Waals surface area (Å²) in [6.45, 7) is 5.07. The number of carbonyl (C=O) groups excluding carboxylic acids is 3. The molecule has 0 bridgehead atoms. The molecule has 0 amide bonds. The van der Waals surface area contributed by atoms with Gasteiger partial charge in [-0.25, -0.2) is 0 Å². The number of nitriles is 1. The summed E-state index contributed by atoms with van der Waals surface area (Å²) < 4.78 is 20.6. The predicted octanol–water partition coefficient (Wildman–Crippen LogP) is 0.0924. The Morgan fingerprint density at radius 2 is 1.33 bits per heavy atom. The van der Waals surface area contributed by atoms with Crippen LogP contribution in [0.1, 0.15) is 27.7 Å². The molecule has 0 aromatic heterocycles. The van der Waals surface area contributed by atoms with Gasteiger partial charge in [0.1, 0.15) is 0 Å². The van der Waals surface area contributed by atoms with Gasteiger partial charge in [0.15, 0.2) is 24.4 Å². The minimum Gasteiger partial charge on any atom is -0.456 e. The van der Waals surface area contributed by atoms with E-state index in [1.165, 1.54) is 6.92 Å². The Labute approximate surface area is 121 Å². The zero-order valence-corrected chi connectivity index (χ0v) is 12.2. The summed E-state index contributed by atoms with van der Waals surface area (Å²) in [7, 11) is 0. The number of rotatable bonds is 3. The highest BCUT2D eigenvalue weighted by Gasteiger charge is 2.50. The minimum absolute atomic E-state index is 0.607. The summed E-state index contributed by atoms with van der Waals surface area (Å²) in [4.78, 5) is 33.6. The summed E-state index contributed by atoms with van der Waals surface area (Å²) in [5, 5.41) is 9.10. The largest absolute Gasteiger partial charge is 0.456 e. The van der Waals surface area contributed by atoms with Crippen LogP contribution < -0.4 is 0 Å². The SMILES string of the molecule is CC(=O)O[C@@H]1[C@H](OC(C)=O)[C@H](C)O[C@H](C#N)[C@H]1OC(C)=O. The topological polar surface area (TPSA) is 112 Å². The summed E-state index contributed by atoms with van der Waals surface area (Å²) >= 11 is 0. The van der Waals surface area contributed by atoms with E-state index in [1.807, 2.05) is 6.07 Å². The third-order valence-electron chi connectivity index (χ3n) is 2.80. The van der Waals surface area contributed by atoms with Crippen LogP contribution in [0, 0.1) is 11.3 Å². The molecule has 1 saturated heterocycles. The Bertz CT molecular complexity index is 470. The highest BCUT2D eigenvalue weighted by atomic mass is 16.6. The van der Waals surface area contributed by atoms with Gasteiger partial charge in [-0.15, -0.1) is 0 Å². The first-order chi connectivity index (χ1) is 9.76. The van der Waals surface area contributed by atoms with E-state index in [2.05, 4.69) is 0 Å². The van der Waals surface area contributed by atoms with Gasteiger partial charge in [0.05, 0.1) is 12.2 Å². The maximum absolute atomic E-state index is 11.2. The lowest BCUT2D eigenvalue weighted by Gasteiger charge is -2.41. The van der Waals surface area contributed by atoms with Gasteiger partial charge in [0, 0.05) is 20.8 Å². The van der Waals surface area contributed by atoms with Crippen LogP contribution in [0.15, 0.2) is 0 Å². The quantitative estimate of drug-likeness (QED) is 0.532. The highest BCUT2D eigenvalue weighted by molar-refractivity contribution is 5.68. The first-order valence-corrected chi connectivity index (χ1v) is 6.33. The lowest BCUT2D eigenvalue weighted by Crippen LogP contribution is -2.60. The lowest BCUT2D eigenvalue weighted by molar-refractivity contribution is -0.234. The molecule has 0 saturated carbocycles. The number of ether oxygens (including phenoxy) is 4. The molecule has 1 aliphatic heterocycles. The predicted molar refractivity (Wildman–Crippen MR) is 66.6 cm³/mol. The molecule has 0 aromatic carbocycles. The van der Waals surface area contributed by atoms with Gasteiger partial charge < -0.3 is 18.9 Å². The maximum atomic E-state index is 11.2. The average molecular weight is 299 g/mol. The van der Waals surface area contributed by atoms with Gasteiger partial charge in [-0.3, -0.25) is 14.4 Å². The Morgan fingerprint density at radius 1 is 0.905 bits per heavy atom. The van der Waals surface area contributed by atoms with Crippen molar-refractivity contribution < 1.29 is 33.3 Å². The third kappa shape index (κ3) is 4.43. The molecule has 0 aromatic rings. The Kier molecular flexibility index (Phi) is 5.67. The summed E-state index contributed by atoms with van der Waals surface area (Å²) in [6, 6.07) is 1.84. The second-order valence-corrected chi connectivity index (χ2v) is 4.61. The molecule has 21 heavy (non-hydrogen) atoms. The molecule has 1 fully saturated rings. The van der Waals surface area contributed by atoms with Crippen LogP contribution in [0.4, 0.5) is 0 Å². The van der Waals surface area contributed by atoms with Gasteiger partial charge >= 0.3 is 17.9 Å². The minimum atomic E-state index is -1.17. The lowest BCUT2D eigenvalue weighted by atomic mass is 9.95. The Balaban J connectivity index is 3.11. The van der Waals surface area contributed by atoms with E-state index in [0.29, 0.717) is 0 Å². The zero-order valence-electron chi connectivity index (χ0n) is 12.2. The van der Waals surface area contributed by atoms with Gasteiger partial charge in [0.2, 0.25) is 0 Å². The van der Waals surface area contributed by atoms with Crippen molar-refractivity contribution in [2.75, 3.05) is 0 Å². The number of nitrogens with zero attached hydrogens (tertiary/aromatic N) is 1. The van der Waals surface area contributed by atoms with Gasteiger partial charge in [0.25, 0.3) is 0 Å². The van der Waals surface area contributed by atoms with Crippen molar-refractivity contribution in [2.45, 2.75) is 58.2 Å². The fourth-order valence-electron chi connectivity index (χ4n) is 2.12. The fourth-order valence-corrected chi connectivity index (χ4v) is 2.12.